The molecule has 0 saturated carbocycles. The molecule has 0 radical (unpaired) electrons. The molecule has 0 aromatic heterocycles. The maximum absolute atomic E-state index is 11.6. The van der Waals surface area contributed by atoms with Gasteiger partial charge in [-0.2, -0.15) is 0 Å². The summed E-state index contributed by atoms with van der Waals surface area (Å²) in [5, 5.41) is 3.20. The van der Waals surface area contributed by atoms with Gasteiger partial charge in [0, 0.05) is 18.8 Å². The SMILES string of the molecule is CCNC(C)(CCN(CC)c1cccc(C)c1)C(N)=O. The molecule has 112 valence electrons. The molecule has 0 aliphatic carbocycles. The largest absolute Gasteiger partial charge is 0.372 e. The van der Waals surface area contributed by atoms with Crippen LogP contribution in [0.5, 0.6) is 0 Å². The van der Waals surface area contributed by atoms with Crippen molar-refractivity contribution in [2.75, 3.05) is 24.5 Å². The Hall–Kier alpha value is -1.55. The Morgan fingerprint density at radius 2 is 2.10 bits per heavy atom. The average molecular weight is 277 g/mol. The lowest BCUT2D eigenvalue weighted by Gasteiger charge is -2.31. The molecular formula is C16H27N3O. The molecule has 0 heterocycles. The predicted molar refractivity (Wildman–Crippen MR) is 85.0 cm³/mol. The van der Waals surface area contributed by atoms with E-state index >= 15 is 0 Å². The second-order valence-electron chi connectivity index (χ2n) is 5.40. The van der Waals surface area contributed by atoms with E-state index in [0.717, 1.165) is 19.6 Å². The van der Waals surface area contributed by atoms with Crippen molar-refractivity contribution in [1.82, 2.24) is 5.32 Å². The maximum Gasteiger partial charge on any atom is 0.237 e. The smallest absolute Gasteiger partial charge is 0.237 e. The molecule has 1 aromatic carbocycles. The number of hydrogen-bond donors (Lipinski definition) is 2. The Bertz CT molecular complexity index is 447. The van der Waals surface area contributed by atoms with Crippen molar-refractivity contribution in [3.8, 4) is 0 Å². The number of primary amides is 1. The normalized spacial score (nSPS) is 13.8. The fraction of sp³-hybridized carbons (Fsp3) is 0.562. The highest BCUT2D eigenvalue weighted by molar-refractivity contribution is 5.84. The van der Waals surface area contributed by atoms with Crippen LogP contribution in [0.2, 0.25) is 0 Å². The number of aryl methyl sites for hydroxylation is 1. The van der Waals surface area contributed by atoms with Gasteiger partial charge in [0.15, 0.2) is 0 Å². The number of benzene rings is 1. The van der Waals surface area contributed by atoms with E-state index in [1.54, 1.807) is 0 Å². The fourth-order valence-electron chi connectivity index (χ4n) is 2.34. The highest BCUT2D eigenvalue weighted by Gasteiger charge is 2.30. The topological polar surface area (TPSA) is 58.4 Å². The lowest BCUT2D eigenvalue weighted by Crippen LogP contribution is -2.54. The summed E-state index contributed by atoms with van der Waals surface area (Å²) in [7, 11) is 0. The minimum absolute atomic E-state index is 0.292. The van der Waals surface area contributed by atoms with Crippen molar-refractivity contribution < 1.29 is 4.79 Å². The maximum atomic E-state index is 11.6. The molecule has 0 aliphatic rings. The molecule has 0 bridgehead atoms. The number of amides is 1. The van der Waals surface area contributed by atoms with Crippen LogP contribution in [-0.4, -0.2) is 31.1 Å². The second-order valence-corrected chi connectivity index (χ2v) is 5.40. The molecule has 0 saturated heterocycles. The van der Waals surface area contributed by atoms with Crippen molar-refractivity contribution in [3.63, 3.8) is 0 Å². The molecule has 1 unspecified atom stereocenters. The average Bonchev–Trinajstić information content (AvgIpc) is 2.39. The zero-order valence-corrected chi connectivity index (χ0v) is 13.1. The molecule has 4 nitrogen and oxygen atoms in total. The van der Waals surface area contributed by atoms with Gasteiger partial charge in [0.25, 0.3) is 0 Å². The van der Waals surface area contributed by atoms with E-state index < -0.39 is 5.54 Å². The minimum atomic E-state index is -0.647. The highest BCUT2D eigenvalue weighted by Crippen LogP contribution is 2.18. The first-order valence-corrected chi connectivity index (χ1v) is 7.29. The lowest BCUT2D eigenvalue weighted by atomic mass is 9.96. The van der Waals surface area contributed by atoms with E-state index in [0.29, 0.717) is 6.42 Å². The van der Waals surface area contributed by atoms with E-state index in [1.807, 2.05) is 13.8 Å². The quantitative estimate of drug-likeness (QED) is 0.765. The molecule has 0 aliphatic heterocycles. The van der Waals surface area contributed by atoms with Gasteiger partial charge in [-0.05, 0) is 51.4 Å². The fourth-order valence-corrected chi connectivity index (χ4v) is 2.34. The number of nitrogens with one attached hydrogen (secondary N) is 1. The third-order valence-corrected chi connectivity index (χ3v) is 3.74. The molecule has 4 heteroatoms. The summed E-state index contributed by atoms with van der Waals surface area (Å²) >= 11 is 0. The summed E-state index contributed by atoms with van der Waals surface area (Å²) < 4.78 is 0. The molecule has 3 N–H and O–H groups in total. The molecule has 1 amide bonds. The van der Waals surface area contributed by atoms with Crippen LogP contribution < -0.4 is 16.0 Å². The van der Waals surface area contributed by atoms with Crippen molar-refractivity contribution in [2.45, 2.75) is 39.7 Å². The van der Waals surface area contributed by atoms with Gasteiger partial charge in [-0.15, -0.1) is 0 Å². The number of nitrogens with zero attached hydrogens (tertiary/aromatic N) is 1. The predicted octanol–water partition coefficient (Wildman–Crippen LogP) is 2.06. The third kappa shape index (κ3) is 4.23. The van der Waals surface area contributed by atoms with Gasteiger partial charge in [0.2, 0.25) is 5.91 Å². The third-order valence-electron chi connectivity index (χ3n) is 3.74. The minimum Gasteiger partial charge on any atom is -0.372 e. The van der Waals surface area contributed by atoms with Gasteiger partial charge >= 0.3 is 0 Å². The molecule has 20 heavy (non-hydrogen) atoms. The molecule has 0 spiro atoms. The van der Waals surface area contributed by atoms with E-state index in [2.05, 4.69) is 48.3 Å². The monoisotopic (exact) mass is 277 g/mol. The lowest BCUT2D eigenvalue weighted by molar-refractivity contribution is -0.124. The Morgan fingerprint density at radius 1 is 1.40 bits per heavy atom. The van der Waals surface area contributed by atoms with Crippen LogP contribution in [-0.2, 0) is 4.79 Å². The summed E-state index contributed by atoms with van der Waals surface area (Å²) in [6.07, 6.45) is 0.692. The van der Waals surface area contributed by atoms with Crippen molar-refractivity contribution in [3.05, 3.63) is 29.8 Å². The summed E-state index contributed by atoms with van der Waals surface area (Å²) in [5.74, 6) is -0.292. The number of likely N-dealkylation sites (N-methyl/N-ethyl adjacent to an activating group) is 1. The van der Waals surface area contributed by atoms with Gasteiger partial charge in [-0.1, -0.05) is 19.1 Å². The Morgan fingerprint density at radius 3 is 2.60 bits per heavy atom. The number of hydrogen-bond acceptors (Lipinski definition) is 3. The Kier molecular flexibility index (Phi) is 6.02. The Balaban J connectivity index is 2.76. The molecule has 0 fully saturated rings. The van der Waals surface area contributed by atoms with Gasteiger partial charge in [0.1, 0.15) is 0 Å². The first-order valence-electron chi connectivity index (χ1n) is 7.29. The van der Waals surface area contributed by atoms with Crippen LogP contribution in [0.3, 0.4) is 0 Å². The van der Waals surface area contributed by atoms with E-state index in [1.165, 1.54) is 11.3 Å². The van der Waals surface area contributed by atoms with Gasteiger partial charge in [-0.3, -0.25) is 4.79 Å². The van der Waals surface area contributed by atoms with Crippen molar-refractivity contribution in [1.29, 1.82) is 0 Å². The Labute approximate surface area is 122 Å². The summed E-state index contributed by atoms with van der Waals surface area (Å²) in [6.45, 7) is 10.5. The van der Waals surface area contributed by atoms with Crippen LogP contribution in [0, 0.1) is 6.92 Å². The number of nitrogens with two attached hydrogens (primary N) is 1. The van der Waals surface area contributed by atoms with E-state index in [-0.39, 0.29) is 5.91 Å². The molecular weight excluding hydrogens is 250 g/mol. The van der Waals surface area contributed by atoms with Crippen LogP contribution in [0.1, 0.15) is 32.8 Å². The molecule has 1 atom stereocenters. The first-order chi connectivity index (χ1) is 9.42. The number of rotatable bonds is 8. The van der Waals surface area contributed by atoms with Crippen LogP contribution in [0.15, 0.2) is 24.3 Å². The van der Waals surface area contributed by atoms with E-state index in [4.69, 9.17) is 5.73 Å². The summed E-state index contributed by atoms with van der Waals surface area (Å²) in [6, 6.07) is 8.41. The zero-order valence-electron chi connectivity index (χ0n) is 13.1. The van der Waals surface area contributed by atoms with Gasteiger partial charge < -0.3 is 16.0 Å². The highest BCUT2D eigenvalue weighted by atomic mass is 16.1. The summed E-state index contributed by atoms with van der Waals surface area (Å²) in [5.41, 5.74) is 7.31. The van der Waals surface area contributed by atoms with Gasteiger partial charge in [-0.25, -0.2) is 0 Å². The van der Waals surface area contributed by atoms with Gasteiger partial charge in [0.05, 0.1) is 5.54 Å². The van der Waals surface area contributed by atoms with Crippen LogP contribution in [0.25, 0.3) is 0 Å². The standard InChI is InChI=1S/C16H27N3O/c1-5-18-16(4,15(17)20)10-11-19(6-2)14-9-7-8-13(3)12-14/h7-9,12,18H,5-6,10-11H2,1-4H3,(H2,17,20). The summed E-state index contributed by atoms with van der Waals surface area (Å²) in [4.78, 5) is 13.9. The van der Waals surface area contributed by atoms with E-state index in [9.17, 15) is 4.79 Å². The number of carbonyl (C=O) groups excluding carboxylic acids is 1. The number of anilines is 1. The second kappa shape index (κ2) is 7.29. The molecule has 1 rings (SSSR count). The molecule has 1 aromatic rings. The number of carbonyl (C=O) groups is 1. The van der Waals surface area contributed by atoms with Crippen molar-refractivity contribution in [2.24, 2.45) is 5.73 Å². The van der Waals surface area contributed by atoms with Crippen LogP contribution >= 0.6 is 0 Å². The van der Waals surface area contributed by atoms with Crippen LogP contribution in [0.4, 0.5) is 5.69 Å². The first kappa shape index (κ1) is 16.5. The zero-order chi connectivity index (χ0) is 15.2. The van der Waals surface area contributed by atoms with Crippen molar-refractivity contribution >= 4 is 11.6 Å².